The summed E-state index contributed by atoms with van der Waals surface area (Å²) in [6.45, 7) is 0.307. The highest BCUT2D eigenvalue weighted by atomic mass is 35.5. The minimum Gasteiger partial charge on any atom is -0.383 e. The number of carbonyl (C=O) groups excluding carboxylic acids is 2. The molecule has 7 nitrogen and oxygen atoms in total. The first-order valence-corrected chi connectivity index (χ1v) is 9.30. The molecule has 1 amide bonds. The number of fused-ring (bicyclic) bond motifs is 1. The lowest BCUT2D eigenvalue weighted by Crippen LogP contribution is -2.31. The quantitative estimate of drug-likeness (QED) is 0.438. The van der Waals surface area contributed by atoms with Crippen molar-refractivity contribution < 1.29 is 14.5 Å². The van der Waals surface area contributed by atoms with Crippen molar-refractivity contribution in [3.8, 4) is 0 Å². The van der Waals surface area contributed by atoms with Gasteiger partial charge in [0.25, 0.3) is 11.6 Å². The van der Waals surface area contributed by atoms with E-state index in [1.165, 1.54) is 28.4 Å². The van der Waals surface area contributed by atoms with Crippen LogP contribution in [0.3, 0.4) is 0 Å². The number of nitrogens with zero attached hydrogens (tertiary/aromatic N) is 3. The lowest BCUT2D eigenvalue weighted by atomic mass is 10.1. The van der Waals surface area contributed by atoms with Crippen molar-refractivity contribution in [2.45, 2.75) is 6.42 Å². The number of thiophene rings is 1. The molecular formula is C18H16ClN3O4S. The number of amides is 1. The molecule has 1 aliphatic heterocycles. The summed E-state index contributed by atoms with van der Waals surface area (Å²) < 4.78 is 0. The molecule has 0 unspecified atom stereocenters. The molecule has 0 fully saturated rings. The van der Waals surface area contributed by atoms with Gasteiger partial charge in [0.2, 0.25) is 5.78 Å². The third-order valence-electron chi connectivity index (χ3n) is 4.09. The molecule has 0 spiro atoms. The standard InChI is InChI=1S/C18H16ClN3O4S/c1-20(2)10-11-5-7-21(15-6-8-27-17(15)16(11)23)18(24)13-4-3-12(22(25)26)9-14(13)19/h3-4,6,8-10H,5,7H2,1-2H3. The number of carbonyl (C=O) groups is 2. The Kier molecular flexibility index (Phi) is 5.29. The van der Waals surface area contributed by atoms with Crippen molar-refractivity contribution in [3.63, 3.8) is 0 Å². The number of non-ortho nitro benzene ring substituents is 1. The van der Waals surface area contributed by atoms with Crippen LogP contribution in [-0.2, 0) is 0 Å². The van der Waals surface area contributed by atoms with Crippen molar-refractivity contribution in [1.29, 1.82) is 0 Å². The van der Waals surface area contributed by atoms with Gasteiger partial charge >= 0.3 is 0 Å². The number of Topliss-reactive ketones (excluding diaryl/α,β-unsaturated/α-hetero) is 1. The predicted molar refractivity (Wildman–Crippen MR) is 105 cm³/mol. The molecule has 0 N–H and O–H groups in total. The first-order valence-electron chi connectivity index (χ1n) is 8.04. The second kappa shape index (κ2) is 7.50. The maximum absolute atomic E-state index is 13.1. The molecule has 2 aromatic rings. The first kappa shape index (κ1) is 19.1. The number of nitro benzene ring substituents is 1. The highest BCUT2D eigenvalue weighted by molar-refractivity contribution is 7.13. The van der Waals surface area contributed by atoms with Crippen LogP contribution in [0.5, 0.6) is 0 Å². The second-order valence-corrected chi connectivity index (χ2v) is 7.53. The number of benzene rings is 1. The largest absolute Gasteiger partial charge is 0.383 e. The maximum Gasteiger partial charge on any atom is 0.270 e. The van der Waals surface area contributed by atoms with Gasteiger partial charge in [-0.15, -0.1) is 11.3 Å². The van der Waals surface area contributed by atoms with Crippen LogP contribution in [0.15, 0.2) is 41.4 Å². The average Bonchev–Trinajstić information content (AvgIpc) is 3.04. The minimum absolute atomic E-state index is 0.00519. The van der Waals surface area contributed by atoms with Crippen LogP contribution in [0.2, 0.25) is 5.02 Å². The minimum atomic E-state index is -0.569. The number of nitro groups is 1. The van der Waals surface area contributed by atoms with Gasteiger partial charge in [-0.2, -0.15) is 0 Å². The summed E-state index contributed by atoms with van der Waals surface area (Å²) in [5, 5.41) is 12.6. The number of rotatable bonds is 3. The molecule has 1 aliphatic rings. The molecule has 0 bridgehead atoms. The van der Waals surface area contributed by atoms with Gasteiger partial charge in [0.05, 0.1) is 26.1 Å². The average molecular weight is 406 g/mol. The van der Waals surface area contributed by atoms with Gasteiger partial charge in [0.1, 0.15) is 0 Å². The summed E-state index contributed by atoms with van der Waals surface area (Å²) in [4.78, 5) is 40.0. The summed E-state index contributed by atoms with van der Waals surface area (Å²) in [6, 6.07) is 5.48. The SMILES string of the molecule is CN(C)C=C1CCN(C(=O)c2ccc([N+](=O)[O-])cc2Cl)c2ccsc2C1=O. The lowest BCUT2D eigenvalue weighted by molar-refractivity contribution is -0.384. The zero-order valence-corrected chi connectivity index (χ0v) is 16.2. The third-order valence-corrected chi connectivity index (χ3v) is 5.31. The van der Waals surface area contributed by atoms with E-state index in [0.29, 0.717) is 29.1 Å². The monoisotopic (exact) mass is 405 g/mol. The van der Waals surface area contributed by atoms with Gasteiger partial charge in [-0.1, -0.05) is 11.6 Å². The molecule has 0 atom stereocenters. The van der Waals surface area contributed by atoms with Gasteiger partial charge in [-0.3, -0.25) is 19.7 Å². The summed E-state index contributed by atoms with van der Waals surface area (Å²) in [5.41, 5.74) is 1.13. The second-order valence-electron chi connectivity index (χ2n) is 6.21. The zero-order chi connectivity index (χ0) is 19.7. The number of anilines is 1. The van der Waals surface area contributed by atoms with Crippen molar-refractivity contribution in [2.75, 3.05) is 25.5 Å². The Morgan fingerprint density at radius 3 is 2.74 bits per heavy atom. The Bertz CT molecular complexity index is 967. The fourth-order valence-electron chi connectivity index (χ4n) is 2.88. The van der Waals surface area contributed by atoms with Crippen molar-refractivity contribution in [2.24, 2.45) is 0 Å². The Morgan fingerprint density at radius 2 is 2.11 bits per heavy atom. The Morgan fingerprint density at radius 1 is 1.37 bits per heavy atom. The van der Waals surface area contributed by atoms with Crippen LogP contribution in [0.1, 0.15) is 26.5 Å². The van der Waals surface area contributed by atoms with E-state index in [1.807, 2.05) is 14.1 Å². The van der Waals surface area contributed by atoms with E-state index in [9.17, 15) is 19.7 Å². The molecule has 0 aliphatic carbocycles. The molecule has 0 radical (unpaired) electrons. The normalized spacial score (nSPS) is 15.4. The van der Waals surface area contributed by atoms with Crippen molar-refractivity contribution in [1.82, 2.24) is 4.90 Å². The molecule has 3 rings (SSSR count). The van der Waals surface area contributed by atoms with Gasteiger partial charge in [-0.25, -0.2) is 0 Å². The van der Waals surface area contributed by atoms with E-state index in [-0.39, 0.29) is 22.1 Å². The lowest BCUT2D eigenvalue weighted by Gasteiger charge is -2.21. The zero-order valence-electron chi connectivity index (χ0n) is 14.6. The molecular weight excluding hydrogens is 390 g/mol. The van der Waals surface area contributed by atoms with Crippen molar-refractivity contribution >= 4 is 46.0 Å². The molecule has 0 saturated heterocycles. The Labute approximate surface area is 164 Å². The first-order chi connectivity index (χ1) is 12.8. The fourth-order valence-corrected chi connectivity index (χ4v) is 4.00. The van der Waals surface area contributed by atoms with E-state index < -0.39 is 10.8 Å². The molecule has 9 heteroatoms. The van der Waals surface area contributed by atoms with Crippen LogP contribution in [0.4, 0.5) is 11.4 Å². The van der Waals surface area contributed by atoms with Crippen molar-refractivity contribution in [3.05, 3.63) is 67.0 Å². The summed E-state index contributed by atoms with van der Waals surface area (Å²) in [6.07, 6.45) is 2.16. The van der Waals surface area contributed by atoms with E-state index in [0.717, 1.165) is 6.07 Å². The highest BCUT2D eigenvalue weighted by Gasteiger charge is 2.30. The van der Waals surface area contributed by atoms with Crippen LogP contribution in [-0.4, -0.2) is 42.2 Å². The number of halogens is 1. The highest BCUT2D eigenvalue weighted by Crippen LogP contribution is 2.35. The van der Waals surface area contributed by atoms with Crippen LogP contribution in [0.25, 0.3) is 0 Å². The molecule has 140 valence electrons. The van der Waals surface area contributed by atoms with Gasteiger partial charge in [0, 0.05) is 44.5 Å². The molecule has 2 heterocycles. The molecule has 1 aromatic carbocycles. The maximum atomic E-state index is 13.1. The van der Waals surface area contributed by atoms with E-state index in [2.05, 4.69) is 0 Å². The van der Waals surface area contributed by atoms with Crippen LogP contribution < -0.4 is 4.90 Å². The Hall–Kier alpha value is -2.71. The predicted octanol–water partition coefficient (Wildman–Crippen LogP) is 3.99. The molecule has 1 aromatic heterocycles. The number of hydrogen-bond donors (Lipinski definition) is 0. The van der Waals surface area contributed by atoms with Gasteiger partial charge < -0.3 is 9.80 Å². The molecule has 0 saturated carbocycles. The third kappa shape index (κ3) is 3.72. The summed E-state index contributed by atoms with van der Waals surface area (Å²) in [7, 11) is 3.67. The summed E-state index contributed by atoms with van der Waals surface area (Å²) in [5.74, 6) is -0.493. The topological polar surface area (TPSA) is 83.8 Å². The van der Waals surface area contributed by atoms with Crippen LogP contribution >= 0.6 is 22.9 Å². The van der Waals surface area contributed by atoms with Crippen LogP contribution in [0, 0.1) is 10.1 Å². The van der Waals surface area contributed by atoms with Gasteiger partial charge in [0.15, 0.2) is 0 Å². The van der Waals surface area contributed by atoms with E-state index in [1.54, 1.807) is 22.5 Å². The number of ketones is 1. The number of hydrogen-bond acceptors (Lipinski definition) is 6. The smallest absolute Gasteiger partial charge is 0.270 e. The van der Waals surface area contributed by atoms with E-state index in [4.69, 9.17) is 11.6 Å². The Balaban J connectivity index is 2.00. The van der Waals surface area contributed by atoms with E-state index >= 15 is 0 Å². The molecule has 27 heavy (non-hydrogen) atoms. The summed E-state index contributed by atoms with van der Waals surface area (Å²) >= 11 is 7.40. The fraction of sp³-hybridized carbons (Fsp3) is 0.222. The van der Waals surface area contributed by atoms with Gasteiger partial charge in [-0.05, 0) is 23.9 Å².